The highest BCUT2D eigenvalue weighted by Gasteiger charge is 2.33. The minimum absolute atomic E-state index is 0.228. The average Bonchev–Trinajstić information content (AvgIpc) is 3.17. The first kappa shape index (κ1) is 25.2. The fourth-order valence-corrected chi connectivity index (χ4v) is 5.20. The van der Waals surface area contributed by atoms with Crippen molar-refractivity contribution < 1.29 is 19.0 Å². The van der Waals surface area contributed by atoms with Crippen LogP contribution in [-0.2, 0) is 9.53 Å². The fraction of sp³-hybridized carbons (Fsp3) is 0.296. The van der Waals surface area contributed by atoms with E-state index in [1.54, 1.807) is 44.8 Å². The molecule has 1 atom stereocenters. The number of anilines is 1. The number of allylic oxidation sites excluding steroid dienone is 1. The Morgan fingerprint density at radius 1 is 1.11 bits per heavy atom. The van der Waals surface area contributed by atoms with Gasteiger partial charge in [-0.25, -0.2) is 9.79 Å². The number of benzene rings is 2. The van der Waals surface area contributed by atoms with Crippen molar-refractivity contribution in [3.05, 3.63) is 84.5 Å². The first-order chi connectivity index (χ1) is 17.3. The molecule has 8 nitrogen and oxygen atoms in total. The van der Waals surface area contributed by atoms with Gasteiger partial charge in [-0.2, -0.15) is 0 Å². The molecular formula is C27H29N3O5S. The van der Waals surface area contributed by atoms with Gasteiger partial charge in [-0.3, -0.25) is 9.36 Å². The van der Waals surface area contributed by atoms with E-state index in [0.29, 0.717) is 32.1 Å². The van der Waals surface area contributed by atoms with Gasteiger partial charge in [0.2, 0.25) is 0 Å². The molecule has 0 fully saturated rings. The third-order valence-electron chi connectivity index (χ3n) is 5.95. The zero-order valence-corrected chi connectivity index (χ0v) is 22.0. The zero-order chi connectivity index (χ0) is 26.0. The predicted octanol–water partition coefficient (Wildman–Crippen LogP) is 2.88. The van der Waals surface area contributed by atoms with E-state index in [1.807, 2.05) is 55.4 Å². The van der Waals surface area contributed by atoms with Crippen LogP contribution in [0.25, 0.3) is 6.08 Å². The van der Waals surface area contributed by atoms with E-state index in [2.05, 4.69) is 4.99 Å². The maximum absolute atomic E-state index is 13.7. The lowest BCUT2D eigenvalue weighted by molar-refractivity contribution is -0.139. The van der Waals surface area contributed by atoms with Crippen LogP contribution in [0.2, 0.25) is 0 Å². The maximum atomic E-state index is 13.7. The molecule has 0 saturated carbocycles. The van der Waals surface area contributed by atoms with E-state index in [9.17, 15) is 9.59 Å². The standard InChI is InChI=1S/C27H29N3O5S/c1-7-35-26(32)23-16(2)28-27-30(24(23)18-9-11-19(12-10-18)29(3)4)25(31)22(36-27)15-17-8-13-20(33-5)21(14-17)34-6/h8-15,24H,7H2,1-6H3/b22-15-. The molecule has 1 aromatic heterocycles. The average molecular weight is 508 g/mol. The number of thiazole rings is 1. The molecule has 9 heteroatoms. The van der Waals surface area contributed by atoms with Crippen molar-refractivity contribution in [2.24, 2.45) is 4.99 Å². The van der Waals surface area contributed by atoms with E-state index < -0.39 is 12.0 Å². The fourth-order valence-electron chi connectivity index (χ4n) is 4.16. The summed E-state index contributed by atoms with van der Waals surface area (Å²) in [4.78, 5) is 33.9. The number of hydrogen-bond acceptors (Lipinski definition) is 8. The Morgan fingerprint density at radius 2 is 1.81 bits per heavy atom. The summed E-state index contributed by atoms with van der Waals surface area (Å²) in [5.74, 6) is 0.694. The van der Waals surface area contributed by atoms with Gasteiger partial charge in [-0.1, -0.05) is 29.5 Å². The lowest BCUT2D eigenvalue weighted by Crippen LogP contribution is -2.39. The number of ether oxygens (including phenoxy) is 3. The first-order valence-electron chi connectivity index (χ1n) is 11.5. The molecule has 36 heavy (non-hydrogen) atoms. The highest BCUT2D eigenvalue weighted by molar-refractivity contribution is 7.07. The van der Waals surface area contributed by atoms with E-state index >= 15 is 0 Å². The SMILES string of the molecule is CCOC(=O)C1=C(C)N=c2s/c(=C\c3ccc(OC)c(OC)c3)c(=O)n2C1c1ccc(N(C)C)cc1. The van der Waals surface area contributed by atoms with Crippen molar-refractivity contribution in [3.63, 3.8) is 0 Å². The second-order valence-corrected chi connectivity index (χ2v) is 9.41. The zero-order valence-electron chi connectivity index (χ0n) is 21.2. The summed E-state index contributed by atoms with van der Waals surface area (Å²) in [6.07, 6.45) is 1.79. The predicted molar refractivity (Wildman–Crippen MR) is 141 cm³/mol. The molecule has 2 heterocycles. The second kappa shape index (κ2) is 10.4. The van der Waals surface area contributed by atoms with Crippen molar-refractivity contribution in [1.29, 1.82) is 0 Å². The number of rotatable bonds is 7. The number of carbonyl (C=O) groups is 1. The van der Waals surface area contributed by atoms with Gasteiger partial charge in [-0.15, -0.1) is 0 Å². The Hall–Kier alpha value is -3.85. The van der Waals surface area contributed by atoms with E-state index in [0.717, 1.165) is 16.8 Å². The maximum Gasteiger partial charge on any atom is 0.338 e. The summed E-state index contributed by atoms with van der Waals surface area (Å²) < 4.78 is 18.2. The van der Waals surface area contributed by atoms with E-state index in [-0.39, 0.29) is 12.2 Å². The van der Waals surface area contributed by atoms with Crippen LogP contribution in [0.4, 0.5) is 5.69 Å². The number of fused-ring (bicyclic) bond motifs is 1. The molecule has 0 spiro atoms. The highest BCUT2D eigenvalue weighted by atomic mass is 32.1. The Labute approximate surface area is 213 Å². The monoisotopic (exact) mass is 507 g/mol. The van der Waals surface area contributed by atoms with Gasteiger partial charge in [0.1, 0.15) is 0 Å². The molecule has 1 aliphatic heterocycles. The highest BCUT2D eigenvalue weighted by Crippen LogP contribution is 2.32. The van der Waals surface area contributed by atoms with Gasteiger partial charge >= 0.3 is 5.97 Å². The number of methoxy groups -OCH3 is 2. The Morgan fingerprint density at radius 3 is 2.42 bits per heavy atom. The van der Waals surface area contributed by atoms with Crippen molar-refractivity contribution in [1.82, 2.24) is 4.57 Å². The smallest absolute Gasteiger partial charge is 0.338 e. The van der Waals surface area contributed by atoms with Gasteiger partial charge in [0.15, 0.2) is 16.3 Å². The summed E-state index contributed by atoms with van der Waals surface area (Å²) in [6, 6.07) is 12.6. The minimum Gasteiger partial charge on any atom is -0.493 e. The van der Waals surface area contributed by atoms with E-state index in [1.165, 1.54) is 11.3 Å². The molecular weight excluding hydrogens is 478 g/mol. The van der Waals surface area contributed by atoms with Crippen molar-refractivity contribution in [3.8, 4) is 11.5 Å². The van der Waals surface area contributed by atoms with E-state index in [4.69, 9.17) is 14.2 Å². The first-order valence-corrected chi connectivity index (χ1v) is 12.3. The van der Waals surface area contributed by atoms with Crippen molar-refractivity contribution in [2.45, 2.75) is 19.9 Å². The summed E-state index contributed by atoms with van der Waals surface area (Å²) in [6.45, 7) is 3.76. The molecule has 0 aliphatic carbocycles. The van der Waals surface area contributed by atoms with Crippen LogP contribution >= 0.6 is 11.3 Å². The number of esters is 1. The van der Waals surface area contributed by atoms with Gasteiger partial charge in [0, 0.05) is 19.8 Å². The topological polar surface area (TPSA) is 82.4 Å². The quantitative estimate of drug-likeness (QED) is 0.458. The number of carbonyl (C=O) groups excluding carboxylic acids is 1. The normalized spacial score (nSPS) is 15.3. The molecule has 0 saturated heterocycles. The Bertz CT molecular complexity index is 1500. The van der Waals surface area contributed by atoms with Gasteiger partial charge < -0.3 is 19.1 Å². The second-order valence-electron chi connectivity index (χ2n) is 8.40. The molecule has 0 radical (unpaired) electrons. The third-order valence-corrected chi connectivity index (χ3v) is 6.93. The van der Waals surface area contributed by atoms with Gasteiger partial charge in [0.25, 0.3) is 5.56 Å². The lowest BCUT2D eigenvalue weighted by atomic mass is 9.95. The van der Waals surface area contributed by atoms with Crippen LogP contribution in [0.5, 0.6) is 11.5 Å². The van der Waals surface area contributed by atoms with Crippen LogP contribution < -0.4 is 29.3 Å². The molecule has 0 N–H and O–H groups in total. The van der Waals surface area contributed by atoms with Gasteiger partial charge in [-0.05, 0) is 55.3 Å². The molecule has 3 aromatic rings. The molecule has 1 aliphatic rings. The van der Waals surface area contributed by atoms with Crippen LogP contribution in [0.15, 0.2) is 63.5 Å². The molecule has 4 rings (SSSR count). The summed E-state index contributed by atoms with van der Waals surface area (Å²) in [7, 11) is 7.06. The van der Waals surface area contributed by atoms with Crippen molar-refractivity contribution in [2.75, 3.05) is 39.8 Å². The molecule has 188 valence electrons. The van der Waals surface area contributed by atoms with Crippen LogP contribution in [0, 0.1) is 0 Å². The van der Waals surface area contributed by atoms with Crippen LogP contribution in [0.3, 0.4) is 0 Å². The Balaban J connectivity index is 1.91. The Kier molecular flexibility index (Phi) is 7.30. The lowest BCUT2D eigenvalue weighted by Gasteiger charge is -2.25. The largest absolute Gasteiger partial charge is 0.493 e. The molecule has 0 amide bonds. The third kappa shape index (κ3) is 4.66. The number of aromatic nitrogens is 1. The molecule has 0 bridgehead atoms. The van der Waals surface area contributed by atoms with Gasteiger partial charge in [0.05, 0.1) is 42.7 Å². The summed E-state index contributed by atoms with van der Waals surface area (Å²) in [5.41, 5.74) is 3.26. The number of nitrogens with zero attached hydrogens (tertiary/aromatic N) is 3. The summed E-state index contributed by atoms with van der Waals surface area (Å²) >= 11 is 1.28. The summed E-state index contributed by atoms with van der Waals surface area (Å²) in [5, 5.41) is 0. The van der Waals surface area contributed by atoms with Crippen LogP contribution in [0.1, 0.15) is 31.0 Å². The molecule has 1 unspecified atom stereocenters. The van der Waals surface area contributed by atoms with Crippen molar-refractivity contribution >= 4 is 29.1 Å². The minimum atomic E-state index is -0.649. The van der Waals surface area contributed by atoms with Crippen LogP contribution in [-0.4, -0.2) is 45.5 Å². The number of hydrogen-bond donors (Lipinski definition) is 0. The molecule has 2 aromatic carbocycles.